The number of ketones is 2. The zero-order valence-corrected chi connectivity index (χ0v) is 28.7. The molecule has 47 heavy (non-hydrogen) atoms. The van der Waals surface area contributed by atoms with Gasteiger partial charge in [0, 0.05) is 40.5 Å². The first-order valence-corrected chi connectivity index (χ1v) is 16.5. The molecule has 254 valence electrons. The lowest BCUT2D eigenvalue weighted by Crippen LogP contribution is -2.50. The number of carboxylic acids is 1. The minimum absolute atomic E-state index is 0.0220. The molecule has 1 aromatic rings. The van der Waals surface area contributed by atoms with Crippen LogP contribution in [0.1, 0.15) is 103 Å². The Hall–Kier alpha value is -3.69. The summed E-state index contributed by atoms with van der Waals surface area (Å²) in [5.74, 6) is -2.31. The summed E-state index contributed by atoms with van der Waals surface area (Å²) in [4.78, 5) is 39.6. The fourth-order valence-corrected chi connectivity index (χ4v) is 7.27. The molecule has 2 unspecified atom stereocenters. The second-order valence-electron chi connectivity index (χ2n) is 14.8. The van der Waals surface area contributed by atoms with Gasteiger partial charge in [-0.1, -0.05) is 35.5 Å². The van der Waals surface area contributed by atoms with Gasteiger partial charge in [0.2, 0.25) is 0 Å². The number of phenolic OH excluding ortho intramolecular Hbond substituents is 1. The number of allylic oxidation sites excluding steroid dienone is 5. The summed E-state index contributed by atoms with van der Waals surface area (Å²) in [6.45, 7) is 15.1. The maximum Gasteiger partial charge on any atom is 0.330 e. The molecule has 4 aliphatic rings. The van der Waals surface area contributed by atoms with E-state index < -0.39 is 53.1 Å². The van der Waals surface area contributed by atoms with E-state index in [9.17, 15) is 29.7 Å². The van der Waals surface area contributed by atoms with E-state index in [1.54, 1.807) is 6.08 Å². The number of fused-ring (bicyclic) bond motifs is 6. The molecule has 0 aromatic heterocycles. The van der Waals surface area contributed by atoms with Crippen LogP contribution in [0.5, 0.6) is 17.2 Å². The van der Waals surface area contributed by atoms with E-state index in [-0.39, 0.29) is 41.3 Å². The summed E-state index contributed by atoms with van der Waals surface area (Å²) in [5.41, 5.74) is 1.84. The third kappa shape index (κ3) is 6.44. The minimum Gasteiger partial charge on any atom is -0.507 e. The molecule has 5 rings (SSSR count). The third-order valence-electron chi connectivity index (χ3n) is 10.2. The first-order chi connectivity index (χ1) is 21.9. The topological polar surface area (TPSA) is 140 Å². The first kappa shape index (κ1) is 34.6. The van der Waals surface area contributed by atoms with Crippen LogP contribution in [-0.2, 0) is 27.2 Å². The highest BCUT2D eigenvalue weighted by molar-refractivity contribution is 6.15. The highest BCUT2D eigenvalue weighted by Gasteiger charge is 2.54. The smallest absolute Gasteiger partial charge is 0.330 e. The molecule has 1 aliphatic carbocycles. The maximum atomic E-state index is 14.4. The van der Waals surface area contributed by atoms with E-state index in [2.05, 4.69) is 6.08 Å². The van der Waals surface area contributed by atoms with Crippen molar-refractivity contribution in [1.29, 1.82) is 0 Å². The van der Waals surface area contributed by atoms with E-state index in [1.807, 2.05) is 54.5 Å². The Labute approximate surface area is 277 Å². The van der Waals surface area contributed by atoms with Gasteiger partial charge in [-0.25, -0.2) is 4.79 Å². The molecule has 1 fully saturated rings. The van der Waals surface area contributed by atoms with Gasteiger partial charge in [0.1, 0.15) is 40.6 Å². The fraction of sp³-hybridized carbons (Fsp3) is 0.553. The lowest BCUT2D eigenvalue weighted by atomic mass is 9.69. The van der Waals surface area contributed by atoms with Crippen LogP contribution < -0.4 is 9.47 Å². The summed E-state index contributed by atoms with van der Waals surface area (Å²) < 4.78 is 19.8. The van der Waals surface area contributed by atoms with Crippen LogP contribution in [0.3, 0.4) is 0 Å². The molecular formula is C38H48O9. The van der Waals surface area contributed by atoms with Gasteiger partial charge in [-0.2, -0.15) is 0 Å². The van der Waals surface area contributed by atoms with E-state index in [0.717, 1.165) is 5.57 Å². The van der Waals surface area contributed by atoms with Crippen LogP contribution in [-0.4, -0.2) is 62.4 Å². The van der Waals surface area contributed by atoms with Gasteiger partial charge in [-0.3, -0.25) is 9.59 Å². The number of carbonyl (C=O) groups is 3. The number of aliphatic carboxylic acids is 1. The number of aliphatic hydroxyl groups excluding tert-OH is 1. The molecule has 0 spiro atoms. The monoisotopic (exact) mass is 648 g/mol. The zero-order chi connectivity index (χ0) is 34.6. The van der Waals surface area contributed by atoms with Gasteiger partial charge in [0.25, 0.3) is 0 Å². The van der Waals surface area contributed by atoms with E-state index in [4.69, 9.17) is 14.2 Å². The lowest BCUT2D eigenvalue weighted by molar-refractivity contribution is -0.145. The van der Waals surface area contributed by atoms with Crippen LogP contribution in [0.4, 0.5) is 0 Å². The number of aliphatic hydroxyl groups is 1. The summed E-state index contributed by atoms with van der Waals surface area (Å²) in [5, 5.41) is 32.3. The van der Waals surface area contributed by atoms with Crippen molar-refractivity contribution in [3.8, 4) is 17.2 Å². The van der Waals surface area contributed by atoms with Gasteiger partial charge >= 0.3 is 5.97 Å². The molecule has 1 saturated heterocycles. The molecule has 0 radical (unpaired) electrons. The van der Waals surface area contributed by atoms with Crippen LogP contribution in [0, 0.1) is 11.8 Å². The molecule has 9 heteroatoms. The predicted octanol–water partition coefficient (Wildman–Crippen LogP) is 6.38. The largest absolute Gasteiger partial charge is 0.507 e. The van der Waals surface area contributed by atoms with Crippen LogP contribution in [0.15, 0.2) is 46.6 Å². The van der Waals surface area contributed by atoms with Crippen molar-refractivity contribution in [1.82, 2.24) is 0 Å². The number of phenols is 1. The third-order valence-corrected chi connectivity index (χ3v) is 10.2. The molecule has 6 atom stereocenters. The Kier molecular flexibility index (Phi) is 9.38. The Bertz CT molecular complexity index is 1620. The highest BCUT2D eigenvalue weighted by atomic mass is 16.5. The molecule has 3 heterocycles. The van der Waals surface area contributed by atoms with E-state index in [0.29, 0.717) is 48.1 Å². The number of aromatic hydroxyl groups is 1. The average Bonchev–Trinajstić information content (AvgIpc) is 3.05. The van der Waals surface area contributed by atoms with Gasteiger partial charge in [-0.05, 0) is 87.5 Å². The number of hydrogen-bond donors (Lipinski definition) is 3. The number of Topliss-reactive ketones (excluding diaryl/α,β-unsaturated/α-hetero) is 2. The predicted molar refractivity (Wildman–Crippen MR) is 177 cm³/mol. The Morgan fingerprint density at radius 2 is 1.70 bits per heavy atom. The summed E-state index contributed by atoms with van der Waals surface area (Å²) >= 11 is 0. The standard InChI is InChI=1S/C38H48O9/c1-19(2)10-9-15-38(8)28(39)18-25-32(42)29-31(41)24-16-22-17-26(34(24)45-35(29)23(33(25)47-38)13-11-20(3)4)37(6,7)46-27(30(22)40)14-12-21(5)36(43)44/h10-12,16,22,26-28,34,39,42H,9,13-15,17-18H2,1-8H3,(H,43,44)/b21-12-/t22-,26?,27?,28-,34-,38-/m1/s1. The van der Waals surface area contributed by atoms with Gasteiger partial charge < -0.3 is 29.5 Å². The summed E-state index contributed by atoms with van der Waals surface area (Å²) in [7, 11) is 0. The quantitative estimate of drug-likeness (QED) is 0.217. The summed E-state index contributed by atoms with van der Waals surface area (Å²) in [6.07, 6.45) is 6.96. The van der Waals surface area contributed by atoms with E-state index >= 15 is 0 Å². The van der Waals surface area contributed by atoms with Crippen molar-refractivity contribution in [2.45, 2.75) is 123 Å². The Morgan fingerprint density at radius 1 is 1.02 bits per heavy atom. The minimum atomic E-state index is -1.06. The number of carboxylic acid groups (broad SMARTS) is 1. The Morgan fingerprint density at radius 3 is 2.34 bits per heavy atom. The van der Waals surface area contributed by atoms with Gasteiger partial charge in [-0.15, -0.1) is 0 Å². The molecule has 0 amide bonds. The number of benzene rings is 1. The molecule has 3 N–H and O–H groups in total. The van der Waals surface area contributed by atoms with Crippen molar-refractivity contribution in [2.75, 3.05) is 0 Å². The van der Waals surface area contributed by atoms with Crippen molar-refractivity contribution in [3.05, 3.63) is 63.3 Å². The lowest BCUT2D eigenvalue weighted by Gasteiger charge is -2.45. The van der Waals surface area contributed by atoms with E-state index in [1.165, 1.54) is 18.6 Å². The second kappa shape index (κ2) is 12.7. The van der Waals surface area contributed by atoms with Crippen molar-refractivity contribution in [2.24, 2.45) is 11.8 Å². The normalized spacial score (nSPS) is 29.2. The van der Waals surface area contributed by atoms with Crippen molar-refractivity contribution >= 4 is 17.5 Å². The van der Waals surface area contributed by atoms with Crippen molar-refractivity contribution < 1.29 is 43.9 Å². The number of rotatable bonds is 8. The molecular weight excluding hydrogens is 600 g/mol. The summed E-state index contributed by atoms with van der Waals surface area (Å²) in [6, 6.07) is 0. The number of hydrogen-bond acceptors (Lipinski definition) is 8. The van der Waals surface area contributed by atoms with Crippen LogP contribution in [0.2, 0.25) is 0 Å². The molecule has 3 aliphatic heterocycles. The van der Waals surface area contributed by atoms with Gasteiger partial charge in [0.15, 0.2) is 11.6 Å². The van der Waals surface area contributed by atoms with Crippen LogP contribution >= 0.6 is 0 Å². The van der Waals surface area contributed by atoms with Crippen molar-refractivity contribution in [3.63, 3.8) is 0 Å². The van der Waals surface area contributed by atoms with Gasteiger partial charge in [0.05, 0.1) is 11.7 Å². The molecule has 2 bridgehead atoms. The first-order valence-electron chi connectivity index (χ1n) is 16.5. The maximum absolute atomic E-state index is 14.4. The Balaban J connectivity index is 1.61. The number of ether oxygens (including phenoxy) is 3. The van der Waals surface area contributed by atoms with Crippen LogP contribution in [0.25, 0.3) is 0 Å². The fourth-order valence-electron chi connectivity index (χ4n) is 7.27. The highest BCUT2D eigenvalue weighted by Crippen LogP contribution is 2.54. The molecule has 0 saturated carbocycles. The number of carbonyl (C=O) groups excluding carboxylic acids is 2. The average molecular weight is 649 g/mol. The molecule has 1 aromatic carbocycles. The molecule has 9 nitrogen and oxygen atoms in total. The SMILES string of the molecule is CC(C)=CCC[C@@]1(C)Oc2c(c(O)c3c(c2CC=C(C)C)O[C@@H]2C(=C[C@@H]4CC2C(C)(C)OC(C/C=C(/C)C(=O)O)C4=O)C3=O)C[C@H]1O. The second-order valence-corrected chi connectivity index (χ2v) is 14.8. The zero-order valence-electron chi connectivity index (χ0n) is 28.7.